The van der Waals surface area contributed by atoms with Crippen LogP contribution in [0.25, 0.3) is 0 Å². The molecule has 0 atom stereocenters. The van der Waals surface area contributed by atoms with Gasteiger partial charge in [0.05, 0.1) is 18.7 Å². The molecule has 2 heterocycles. The number of ether oxygens (including phenoxy) is 1. The molecule has 0 unspecified atom stereocenters. The molecule has 1 amide bonds. The molecule has 0 aromatic heterocycles. The van der Waals surface area contributed by atoms with Crippen LogP contribution in [0.4, 0.5) is 0 Å². The molecule has 0 radical (unpaired) electrons. The minimum Gasteiger partial charge on any atom is -0.496 e. The van der Waals surface area contributed by atoms with E-state index in [-0.39, 0.29) is 5.91 Å². The van der Waals surface area contributed by atoms with Crippen molar-refractivity contribution in [1.82, 2.24) is 9.80 Å². The summed E-state index contributed by atoms with van der Waals surface area (Å²) < 4.78 is 5.45. The first-order valence-corrected chi connectivity index (χ1v) is 10.3. The number of piperidine rings is 1. The Hall–Kier alpha value is -2.84. The zero-order valence-electron chi connectivity index (χ0n) is 16.9. The first kappa shape index (κ1) is 19.5. The van der Waals surface area contributed by atoms with Crippen LogP contribution in [-0.4, -0.2) is 49.0 Å². The Kier molecular flexibility index (Phi) is 5.82. The molecule has 4 rings (SSSR count). The number of nitriles is 1. The van der Waals surface area contributed by atoms with Crippen molar-refractivity contribution in [2.75, 3.05) is 33.3 Å². The zero-order valence-corrected chi connectivity index (χ0v) is 16.9. The summed E-state index contributed by atoms with van der Waals surface area (Å²) in [5.41, 5.74) is 3.64. The summed E-state index contributed by atoms with van der Waals surface area (Å²) in [6, 6.07) is 15.8. The Labute approximate surface area is 172 Å². The van der Waals surface area contributed by atoms with E-state index in [1.165, 1.54) is 5.56 Å². The van der Waals surface area contributed by atoms with E-state index in [1.54, 1.807) is 19.2 Å². The van der Waals surface area contributed by atoms with Gasteiger partial charge in [0.25, 0.3) is 5.91 Å². The number of methoxy groups -OCH3 is 1. The summed E-state index contributed by atoms with van der Waals surface area (Å²) in [6.45, 7) is 4.65. The van der Waals surface area contributed by atoms with Gasteiger partial charge >= 0.3 is 0 Å². The quantitative estimate of drug-likeness (QED) is 0.759. The number of nitrogens with zero attached hydrogens (tertiary/aromatic N) is 3. The molecular formula is C24H27N3O2. The highest BCUT2D eigenvalue weighted by Crippen LogP contribution is 2.27. The van der Waals surface area contributed by atoms with E-state index < -0.39 is 0 Å². The number of benzene rings is 2. The van der Waals surface area contributed by atoms with Crippen LogP contribution in [0.2, 0.25) is 0 Å². The number of amides is 1. The molecule has 0 N–H and O–H groups in total. The highest BCUT2D eigenvalue weighted by atomic mass is 16.5. The normalized spacial score (nSPS) is 17.2. The predicted octanol–water partition coefficient (Wildman–Crippen LogP) is 3.48. The third kappa shape index (κ3) is 4.28. The van der Waals surface area contributed by atoms with E-state index in [1.807, 2.05) is 23.1 Å². The number of fused-ring (bicyclic) bond motifs is 1. The number of likely N-dealkylation sites (tertiary alicyclic amines) is 1. The van der Waals surface area contributed by atoms with Crippen LogP contribution in [-0.2, 0) is 13.0 Å². The standard InChI is InChI=1S/C24H27N3O2/c1-29-23-5-3-2-4-20(23)10-13-26-11-8-18(9-12-26)16-27-17-21-14-19(15-25)6-7-22(21)24(27)28/h2-7,14,18H,8-13,16-17H2,1H3. The van der Waals surface area contributed by atoms with Crippen molar-refractivity contribution in [2.24, 2.45) is 5.92 Å². The highest BCUT2D eigenvalue weighted by molar-refractivity contribution is 5.98. The maximum atomic E-state index is 12.7. The Morgan fingerprint density at radius 2 is 1.97 bits per heavy atom. The van der Waals surface area contributed by atoms with Gasteiger partial charge < -0.3 is 14.5 Å². The second-order valence-corrected chi connectivity index (χ2v) is 8.02. The fraction of sp³-hybridized carbons (Fsp3) is 0.417. The topological polar surface area (TPSA) is 56.6 Å². The molecule has 0 saturated carbocycles. The van der Waals surface area contributed by atoms with Gasteiger partial charge in [0.15, 0.2) is 0 Å². The molecule has 1 fully saturated rings. The maximum Gasteiger partial charge on any atom is 0.254 e. The van der Waals surface area contributed by atoms with Crippen molar-refractivity contribution >= 4 is 5.91 Å². The smallest absolute Gasteiger partial charge is 0.254 e. The average molecular weight is 389 g/mol. The van der Waals surface area contributed by atoms with Crippen LogP contribution in [0.15, 0.2) is 42.5 Å². The number of carbonyl (C=O) groups excluding carboxylic acids is 1. The SMILES string of the molecule is COc1ccccc1CCN1CCC(CN2Cc3cc(C#N)ccc3C2=O)CC1. The third-order valence-corrected chi connectivity index (χ3v) is 6.19. The summed E-state index contributed by atoms with van der Waals surface area (Å²) in [7, 11) is 1.73. The van der Waals surface area contributed by atoms with Crippen molar-refractivity contribution in [1.29, 1.82) is 5.26 Å². The summed E-state index contributed by atoms with van der Waals surface area (Å²) in [5.74, 6) is 1.63. The molecule has 2 aromatic rings. The molecule has 2 aliphatic rings. The minimum absolute atomic E-state index is 0.114. The van der Waals surface area contributed by atoms with Crippen molar-refractivity contribution in [2.45, 2.75) is 25.8 Å². The lowest BCUT2D eigenvalue weighted by molar-refractivity contribution is 0.0714. The lowest BCUT2D eigenvalue weighted by atomic mass is 9.96. The Morgan fingerprint density at radius 3 is 2.72 bits per heavy atom. The summed E-state index contributed by atoms with van der Waals surface area (Å²) in [5, 5.41) is 9.07. The van der Waals surface area contributed by atoms with Gasteiger partial charge in [-0.25, -0.2) is 0 Å². The van der Waals surface area contributed by atoms with Gasteiger partial charge in [0, 0.05) is 25.2 Å². The van der Waals surface area contributed by atoms with Crippen molar-refractivity contribution in [3.63, 3.8) is 0 Å². The highest BCUT2D eigenvalue weighted by Gasteiger charge is 2.30. The fourth-order valence-corrected chi connectivity index (χ4v) is 4.49. The lowest BCUT2D eigenvalue weighted by Crippen LogP contribution is -2.39. The molecule has 1 saturated heterocycles. The second kappa shape index (κ2) is 8.67. The van der Waals surface area contributed by atoms with E-state index in [9.17, 15) is 4.79 Å². The molecule has 2 aliphatic heterocycles. The molecule has 0 bridgehead atoms. The molecule has 0 spiro atoms. The van der Waals surface area contributed by atoms with E-state index in [2.05, 4.69) is 23.1 Å². The molecule has 0 aliphatic carbocycles. The van der Waals surface area contributed by atoms with Crippen molar-refractivity contribution < 1.29 is 9.53 Å². The maximum absolute atomic E-state index is 12.7. The van der Waals surface area contributed by atoms with Gasteiger partial charge in [0.2, 0.25) is 0 Å². The molecule has 5 nitrogen and oxygen atoms in total. The number of carbonyl (C=O) groups is 1. The number of para-hydroxylation sites is 1. The largest absolute Gasteiger partial charge is 0.496 e. The van der Waals surface area contributed by atoms with Gasteiger partial charge in [-0.2, -0.15) is 5.26 Å². The van der Waals surface area contributed by atoms with Gasteiger partial charge in [-0.05, 0) is 73.7 Å². The van der Waals surface area contributed by atoms with E-state index >= 15 is 0 Å². The van der Waals surface area contributed by atoms with E-state index in [0.29, 0.717) is 18.0 Å². The summed E-state index contributed by atoms with van der Waals surface area (Å²) in [6.07, 6.45) is 3.24. The Morgan fingerprint density at radius 1 is 1.17 bits per heavy atom. The van der Waals surface area contributed by atoms with Gasteiger partial charge in [-0.1, -0.05) is 18.2 Å². The summed E-state index contributed by atoms with van der Waals surface area (Å²) >= 11 is 0. The van der Waals surface area contributed by atoms with Gasteiger partial charge in [0.1, 0.15) is 5.75 Å². The molecule has 5 heteroatoms. The van der Waals surface area contributed by atoms with Crippen molar-refractivity contribution in [3.05, 3.63) is 64.7 Å². The number of rotatable bonds is 6. The van der Waals surface area contributed by atoms with Crippen LogP contribution in [0, 0.1) is 17.2 Å². The molecular weight excluding hydrogens is 362 g/mol. The number of hydrogen-bond donors (Lipinski definition) is 0. The van der Waals surface area contributed by atoms with E-state index in [0.717, 1.165) is 62.3 Å². The van der Waals surface area contributed by atoms with E-state index in [4.69, 9.17) is 10.00 Å². The first-order valence-electron chi connectivity index (χ1n) is 10.3. The fourth-order valence-electron chi connectivity index (χ4n) is 4.49. The summed E-state index contributed by atoms with van der Waals surface area (Å²) in [4.78, 5) is 17.2. The van der Waals surface area contributed by atoms with Crippen LogP contribution >= 0.6 is 0 Å². The van der Waals surface area contributed by atoms with Crippen LogP contribution in [0.5, 0.6) is 5.75 Å². The minimum atomic E-state index is 0.114. The Bertz CT molecular complexity index is 926. The molecule has 2 aromatic carbocycles. The predicted molar refractivity (Wildman–Crippen MR) is 112 cm³/mol. The average Bonchev–Trinajstić information content (AvgIpc) is 3.07. The Balaban J connectivity index is 1.26. The first-order chi connectivity index (χ1) is 14.2. The van der Waals surface area contributed by atoms with Gasteiger partial charge in [-0.15, -0.1) is 0 Å². The lowest BCUT2D eigenvalue weighted by Gasteiger charge is -2.34. The third-order valence-electron chi connectivity index (χ3n) is 6.19. The number of hydrogen-bond acceptors (Lipinski definition) is 4. The van der Waals surface area contributed by atoms with Crippen molar-refractivity contribution in [3.8, 4) is 11.8 Å². The second-order valence-electron chi connectivity index (χ2n) is 8.02. The monoisotopic (exact) mass is 389 g/mol. The van der Waals surface area contributed by atoms with Crippen LogP contribution < -0.4 is 4.74 Å². The van der Waals surface area contributed by atoms with Crippen LogP contribution in [0.1, 0.15) is 39.9 Å². The van der Waals surface area contributed by atoms with Gasteiger partial charge in [-0.3, -0.25) is 4.79 Å². The molecule has 29 heavy (non-hydrogen) atoms. The zero-order chi connectivity index (χ0) is 20.2. The van der Waals surface area contributed by atoms with Crippen LogP contribution in [0.3, 0.4) is 0 Å². The molecule has 150 valence electrons.